The molecule has 0 radical (unpaired) electrons. The second kappa shape index (κ2) is 5.98. The van der Waals surface area contributed by atoms with E-state index in [1.165, 1.54) is 0 Å². The Kier molecular flexibility index (Phi) is 5.21. The summed E-state index contributed by atoms with van der Waals surface area (Å²) in [7, 11) is 0. The lowest BCUT2D eigenvalue weighted by Gasteiger charge is -2.26. The van der Waals surface area contributed by atoms with Crippen molar-refractivity contribution in [2.45, 2.75) is 19.0 Å². The topological polar surface area (TPSA) is 52.5 Å². The maximum absolute atomic E-state index is 9.12. The van der Waals surface area contributed by atoms with Crippen LogP contribution in [0.25, 0.3) is 0 Å². The van der Waals surface area contributed by atoms with Crippen LogP contribution in [0.15, 0.2) is 22.7 Å². The molecule has 90 valence electrons. The molecule has 0 unspecified atom stereocenters. The molecule has 0 aromatic heterocycles. The fourth-order valence-corrected chi connectivity index (χ4v) is 1.74. The van der Waals surface area contributed by atoms with Gasteiger partial charge in [0.15, 0.2) is 0 Å². The lowest BCUT2D eigenvalue weighted by atomic mass is 10.0. The molecule has 0 heterocycles. The molecule has 0 aliphatic carbocycles. The van der Waals surface area contributed by atoms with Crippen molar-refractivity contribution in [1.82, 2.24) is 5.32 Å². The Bertz CT molecular complexity index is 356. The van der Waals surface area contributed by atoms with E-state index in [0.29, 0.717) is 11.6 Å². The third-order valence-corrected chi connectivity index (χ3v) is 3.27. The third-order valence-electron chi connectivity index (χ3n) is 2.41. The number of hydrogen-bond acceptors (Lipinski definition) is 3. The van der Waals surface area contributed by atoms with Crippen LogP contribution < -0.4 is 5.32 Å². The van der Waals surface area contributed by atoms with Crippen LogP contribution in [0, 0.1) is 0 Å². The average molecular weight is 309 g/mol. The monoisotopic (exact) mass is 307 g/mol. The number of rotatable bonds is 5. The van der Waals surface area contributed by atoms with Gasteiger partial charge in [-0.05, 0) is 30.7 Å². The summed E-state index contributed by atoms with van der Waals surface area (Å²) in [5, 5.41) is 22.0. The van der Waals surface area contributed by atoms with Gasteiger partial charge in [0.2, 0.25) is 0 Å². The summed E-state index contributed by atoms with van der Waals surface area (Å²) in [6.07, 6.45) is 0. The normalized spacial score (nSPS) is 11.8. The molecule has 0 aliphatic heterocycles. The Morgan fingerprint density at radius 2 is 2.00 bits per heavy atom. The van der Waals surface area contributed by atoms with Crippen molar-refractivity contribution >= 4 is 27.5 Å². The molecule has 0 spiro atoms. The highest BCUT2D eigenvalue weighted by Gasteiger charge is 2.21. The van der Waals surface area contributed by atoms with Crippen LogP contribution in [0.3, 0.4) is 0 Å². The standard InChI is InChI=1S/C11H15BrClNO2/c1-11(6-15,7-16)14-5-8-4-9(12)2-3-10(8)13/h2-4,14-16H,5-7H2,1H3. The fraction of sp³-hybridized carbons (Fsp3) is 0.455. The fourth-order valence-electron chi connectivity index (χ4n) is 1.15. The Morgan fingerprint density at radius 1 is 1.38 bits per heavy atom. The van der Waals surface area contributed by atoms with Gasteiger partial charge in [0.25, 0.3) is 0 Å². The summed E-state index contributed by atoms with van der Waals surface area (Å²) in [4.78, 5) is 0. The van der Waals surface area contributed by atoms with E-state index >= 15 is 0 Å². The molecule has 0 saturated carbocycles. The molecule has 0 aliphatic rings. The van der Waals surface area contributed by atoms with E-state index in [1.54, 1.807) is 13.0 Å². The van der Waals surface area contributed by atoms with Crippen LogP contribution in [0.4, 0.5) is 0 Å². The Labute approximate surface area is 109 Å². The lowest BCUT2D eigenvalue weighted by Crippen LogP contribution is -2.48. The van der Waals surface area contributed by atoms with E-state index in [0.717, 1.165) is 10.0 Å². The van der Waals surface area contributed by atoms with Crippen molar-refractivity contribution in [1.29, 1.82) is 0 Å². The summed E-state index contributed by atoms with van der Waals surface area (Å²) in [5.74, 6) is 0. The van der Waals surface area contributed by atoms with Crippen LogP contribution >= 0.6 is 27.5 Å². The highest BCUT2D eigenvalue weighted by Crippen LogP contribution is 2.21. The summed E-state index contributed by atoms with van der Waals surface area (Å²) in [6.45, 7) is 1.99. The van der Waals surface area contributed by atoms with Gasteiger partial charge in [-0.1, -0.05) is 27.5 Å². The van der Waals surface area contributed by atoms with Crippen molar-refractivity contribution in [2.75, 3.05) is 13.2 Å². The highest BCUT2D eigenvalue weighted by atomic mass is 79.9. The van der Waals surface area contributed by atoms with Gasteiger partial charge >= 0.3 is 0 Å². The Morgan fingerprint density at radius 3 is 2.56 bits per heavy atom. The third kappa shape index (κ3) is 3.71. The molecule has 1 aromatic carbocycles. The van der Waals surface area contributed by atoms with Gasteiger partial charge in [0, 0.05) is 16.0 Å². The molecule has 3 N–H and O–H groups in total. The first kappa shape index (κ1) is 13.9. The molecule has 0 bridgehead atoms. The van der Waals surface area contributed by atoms with Crippen LogP contribution in [-0.4, -0.2) is 29.0 Å². The first-order valence-corrected chi connectivity index (χ1v) is 6.08. The molecule has 0 fully saturated rings. The summed E-state index contributed by atoms with van der Waals surface area (Å²) in [5.41, 5.74) is 0.232. The van der Waals surface area contributed by atoms with E-state index in [2.05, 4.69) is 21.2 Å². The Balaban J connectivity index is 2.70. The molecule has 0 saturated heterocycles. The van der Waals surface area contributed by atoms with E-state index in [-0.39, 0.29) is 13.2 Å². The predicted molar refractivity (Wildman–Crippen MR) is 68.6 cm³/mol. The van der Waals surface area contributed by atoms with Crippen molar-refractivity contribution < 1.29 is 10.2 Å². The van der Waals surface area contributed by atoms with Gasteiger partial charge in [-0.25, -0.2) is 0 Å². The molecular formula is C11H15BrClNO2. The Hall–Kier alpha value is -0.130. The molecule has 0 amide bonds. The van der Waals surface area contributed by atoms with Crippen molar-refractivity contribution in [2.24, 2.45) is 0 Å². The van der Waals surface area contributed by atoms with Gasteiger partial charge < -0.3 is 15.5 Å². The molecule has 5 heteroatoms. The average Bonchev–Trinajstić information content (AvgIpc) is 2.30. The predicted octanol–water partition coefficient (Wildman–Crippen LogP) is 1.94. The first-order chi connectivity index (χ1) is 7.50. The quantitative estimate of drug-likeness (QED) is 0.779. The van der Waals surface area contributed by atoms with Gasteiger partial charge in [-0.2, -0.15) is 0 Å². The van der Waals surface area contributed by atoms with Gasteiger partial charge in [0.05, 0.1) is 18.8 Å². The smallest absolute Gasteiger partial charge is 0.0633 e. The number of hydrogen-bond donors (Lipinski definition) is 3. The van der Waals surface area contributed by atoms with Crippen molar-refractivity contribution in [3.8, 4) is 0 Å². The van der Waals surface area contributed by atoms with Crippen LogP contribution in [0.2, 0.25) is 5.02 Å². The minimum Gasteiger partial charge on any atom is -0.394 e. The van der Waals surface area contributed by atoms with Crippen LogP contribution in [0.5, 0.6) is 0 Å². The van der Waals surface area contributed by atoms with Gasteiger partial charge in [0.1, 0.15) is 0 Å². The number of nitrogens with one attached hydrogen (secondary N) is 1. The van der Waals surface area contributed by atoms with Gasteiger partial charge in [-0.3, -0.25) is 0 Å². The first-order valence-electron chi connectivity index (χ1n) is 4.91. The second-order valence-corrected chi connectivity index (χ2v) is 5.29. The second-order valence-electron chi connectivity index (χ2n) is 3.97. The zero-order chi connectivity index (χ0) is 12.2. The number of halogens is 2. The number of aliphatic hydroxyl groups is 2. The number of benzene rings is 1. The van der Waals surface area contributed by atoms with E-state index in [9.17, 15) is 0 Å². The minimum atomic E-state index is -0.689. The van der Waals surface area contributed by atoms with Crippen molar-refractivity contribution in [3.05, 3.63) is 33.3 Å². The molecule has 1 rings (SSSR count). The molecular weight excluding hydrogens is 293 g/mol. The maximum Gasteiger partial charge on any atom is 0.0633 e. The summed E-state index contributed by atoms with van der Waals surface area (Å²) in [6, 6.07) is 5.57. The zero-order valence-electron chi connectivity index (χ0n) is 9.00. The molecule has 0 atom stereocenters. The number of aliphatic hydroxyl groups excluding tert-OH is 2. The highest BCUT2D eigenvalue weighted by molar-refractivity contribution is 9.10. The van der Waals surface area contributed by atoms with Crippen molar-refractivity contribution in [3.63, 3.8) is 0 Å². The molecule has 1 aromatic rings. The largest absolute Gasteiger partial charge is 0.394 e. The lowest BCUT2D eigenvalue weighted by molar-refractivity contribution is 0.103. The summed E-state index contributed by atoms with van der Waals surface area (Å²) >= 11 is 9.39. The van der Waals surface area contributed by atoms with Crippen LogP contribution in [0.1, 0.15) is 12.5 Å². The van der Waals surface area contributed by atoms with Gasteiger partial charge in [-0.15, -0.1) is 0 Å². The minimum absolute atomic E-state index is 0.130. The molecule has 16 heavy (non-hydrogen) atoms. The van der Waals surface area contributed by atoms with E-state index in [1.807, 2.05) is 12.1 Å². The van der Waals surface area contributed by atoms with E-state index < -0.39 is 5.54 Å². The molecule has 3 nitrogen and oxygen atoms in total. The van der Waals surface area contributed by atoms with Crippen LogP contribution in [-0.2, 0) is 6.54 Å². The summed E-state index contributed by atoms with van der Waals surface area (Å²) < 4.78 is 0.948. The van der Waals surface area contributed by atoms with E-state index in [4.69, 9.17) is 21.8 Å². The maximum atomic E-state index is 9.12. The SMILES string of the molecule is CC(CO)(CO)NCc1cc(Br)ccc1Cl. The zero-order valence-corrected chi connectivity index (χ0v) is 11.3.